The van der Waals surface area contributed by atoms with Crippen LogP contribution < -0.4 is 20.1 Å². The molecule has 2 aliphatic heterocycles. The van der Waals surface area contributed by atoms with Crippen LogP contribution in [0.5, 0.6) is 11.5 Å². The number of rotatable bonds is 6. The Morgan fingerprint density at radius 3 is 2.52 bits per heavy atom. The van der Waals surface area contributed by atoms with E-state index in [0.29, 0.717) is 24.3 Å². The Hall–Kier alpha value is -2.86. The highest BCUT2D eigenvalue weighted by atomic mass is 32.2. The summed E-state index contributed by atoms with van der Waals surface area (Å²) in [6.07, 6.45) is 1.35. The minimum absolute atomic E-state index is 0.117. The van der Waals surface area contributed by atoms with Gasteiger partial charge in [-0.05, 0) is 25.0 Å². The molecule has 0 radical (unpaired) electrons. The minimum Gasteiger partial charge on any atom is -0.486 e. The van der Waals surface area contributed by atoms with Gasteiger partial charge in [0.2, 0.25) is 10.0 Å². The molecule has 0 bridgehead atoms. The van der Waals surface area contributed by atoms with Crippen molar-refractivity contribution in [1.29, 1.82) is 0 Å². The van der Waals surface area contributed by atoms with Crippen LogP contribution >= 0.6 is 0 Å². The zero-order chi connectivity index (χ0) is 22.4. The summed E-state index contributed by atoms with van der Waals surface area (Å²) in [5, 5.41) is 4.58. The molecule has 1 unspecified atom stereocenters. The van der Waals surface area contributed by atoms with Crippen molar-refractivity contribution in [1.82, 2.24) is 14.9 Å². The van der Waals surface area contributed by atoms with Crippen molar-refractivity contribution in [2.45, 2.75) is 18.9 Å². The van der Waals surface area contributed by atoms with Gasteiger partial charge >= 0.3 is 12.0 Å². The molecule has 1 atom stereocenters. The molecule has 0 saturated carbocycles. The molecule has 1 aromatic rings. The van der Waals surface area contributed by atoms with Gasteiger partial charge in [-0.3, -0.25) is 14.9 Å². The van der Waals surface area contributed by atoms with Crippen molar-refractivity contribution in [2.24, 2.45) is 5.92 Å². The fourth-order valence-electron chi connectivity index (χ4n) is 3.25. The second-order valence-corrected chi connectivity index (χ2v) is 9.28. The number of nitrogens with zero attached hydrogens (tertiary/aromatic N) is 1. The van der Waals surface area contributed by atoms with Crippen LogP contribution in [-0.4, -0.2) is 75.8 Å². The zero-order valence-electron chi connectivity index (χ0n) is 17.0. The van der Waals surface area contributed by atoms with Crippen LogP contribution in [0, 0.1) is 5.92 Å². The van der Waals surface area contributed by atoms with Gasteiger partial charge in [0, 0.05) is 13.1 Å². The Morgan fingerprint density at radius 2 is 1.84 bits per heavy atom. The molecule has 0 aliphatic carbocycles. The summed E-state index contributed by atoms with van der Waals surface area (Å²) in [5.74, 6) is -0.639. The topological polar surface area (TPSA) is 140 Å². The van der Waals surface area contributed by atoms with E-state index in [9.17, 15) is 22.8 Å². The highest BCUT2D eigenvalue weighted by molar-refractivity contribution is 7.88. The second kappa shape index (κ2) is 9.96. The molecule has 1 fully saturated rings. The van der Waals surface area contributed by atoms with E-state index in [-0.39, 0.29) is 26.2 Å². The van der Waals surface area contributed by atoms with Crippen molar-refractivity contribution in [3.05, 3.63) is 24.3 Å². The third kappa shape index (κ3) is 6.56. The van der Waals surface area contributed by atoms with Crippen LogP contribution in [0.2, 0.25) is 0 Å². The smallest absolute Gasteiger partial charge is 0.321 e. The number of amides is 3. The minimum atomic E-state index is -3.29. The first kappa shape index (κ1) is 22.8. The van der Waals surface area contributed by atoms with Gasteiger partial charge in [-0.1, -0.05) is 12.1 Å². The quantitative estimate of drug-likeness (QED) is 0.565. The largest absolute Gasteiger partial charge is 0.486 e. The third-order valence-corrected chi connectivity index (χ3v) is 6.22. The number of urea groups is 1. The Labute approximate surface area is 180 Å². The van der Waals surface area contributed by atoms with Gasteiger partial charge < -0.3 is 19.5 Å². The summed E-state index contributed by atoms with van der Waals surface area (Å²) in [6, 6.07) is 6.42. The first-order chi connectivity index (χ1) is 14.7. The molecule has 2 N–H and O–H groups in total. The number of nitrogens with one attached hydrogen (secondary N) is 2. The lowest BCUT2D eigenvalue weighted by atomic mass is 9.98. The molecule has 2 aliphatic rings. The predicted molar refractivity (Wildman–Crippen MR) is 108 cm³/mol. The molecule has 170 valence electrons. The third-order valence-electron chi connectivity index (χ3n) is 4.91. The maximum Gasteiger partial charge on any atom is 0.321 e. The molecular weight excluding hydrogens is 430 g/mol. The average Bonchev–Trinajstić information content (AvgIpc) is 2.75. The van der Waals surface area contributed by atoms with E-state index in [1.807, 2.05) is 6.07 Å². The lowest BCUT2D eigenvalue weighted by molar-refractivity contribution is -0.153. The van der Waals surface area contributed by atoms with E-state index >= 15 is 0 Å². The fraction of sp³-hybridized carbons (Fsp3) is 0.526. The second-order valence-electron chi connectivity index (χ2n) is 7.30. The van der Waals surface area contributed by atoms with Crippen LogP contribution in [0.4, 0.5) is 4.79 Å². The summed E-state index contributed by atoms with van der Waals surface area (Å²) in [7, 11) is -3.29. The number of sulfonamides is 1. The van der Waals surface area contributed by atoms with E-state index < -0.39 is 46.6 Å². The summed E-state index contributed by atoms with van der Waals surface area (Å²) < 4.78 is 40.5. The SMILES string of the molecule is CS(=O)(=O)N1CCC(C(=O)OCC(=O)NC(=O)NCC2COc3ccccc3O2)CC1. The van der Waals surface area contributed by atoms with Crippen molar-refractivity contribution in [2.75, 3.05) is 39.1 Å². The van der Waals surface area contributed by atoms with E-state index in [1.54, 1.807) is 18.2 Å². The number of hydrogen-bond donors (Lipinski definition) is 2. The Kier molecular flexibility index (Phi) is 7.33. The van der Waals surface area contributed by atoms with Crippen LogP contribution in [0.15, 0.2) is 24.3 Å². The van der Waals surface area contributed by atoms with Crippen molar-refractivity contribution in [3.63, 3.8) is 0 Å². The van der Waals surface area contributed by atoms with Crippen LogP contribution in [0.1, 0.15) is 12.8 Å². The van der Waals surface area contributed by atoms with Crippen LogP contribution in [0.25, 0.3) is 0 Å². The molecule has 0 spiro atoms. The monoisotopic (exact) mass is 455 g/mol. The van der Waals surface area contributed by atoms with E-state index in [0.717, 1.165) is 6.26 Å². The van der Waals surface area contributed by atoms with E-state index in [2.05, 4.69) is 10.6 Å². The number of piperidine rings is 1. The number of carbonyl (C=O) groups excluding carboxylic acids is 3. The molecule has 31 heavy (non-hydrogen) atoms. The maximum absolute atomic E-state index is 12.1. The lowest BCUT2D eigenvalue weighted by Crippen LogP contribution is -2.47. The molecule has 3 rings (SSSR count). The Morgan fingerprint density at radius 1 is 1.16 bits per heavy atom. The zero-order valence-corrected chi connectivity index (χ0v) is 17.9. The number of ether oxygens (including phenoxy) is 3. The van der Waals surface area contributed by atoms with E-state index in [4.69, 9.17) is 14.2 Å². The number of imide groups is 1. The van der Waals surface area contributed by atoms with Gasteiger partial charge in [-0.15, -0.1) is 0 Å². The number of benzene rings is 1. The Bertz CT molecular complexity index is 928. The number of esters is 1. The van der Waals surface area contributed by atoms with Crippen LogP contribution in [0.3, 0.4) is 0 Å². The van der Waals surface area contributed by atoms with Gasteiger partial charge in [0.15, 0.2) is 24.2 Å². The first-order valence-corrected chi connectivity index (χ1v) is 11.6. The normalized spacial score (nSPS) is 19.3. The highest BCUT2D eigenvalue weighted by Gasteiger charge is 2.30. The lowest BCUT2D eigenvalue weighted by Gasteiger charge is -2.28. The van der Waals surface area contributed by atoms with Gasteiger partial charge in [0.05, 0.1) is 18.7 Å². The molecule has 2 heterocycles. The van der Waals surface area contributed by atoms with Crippen LogP contribution in [-0.2, 0) is 24.3 Å². The maximum atomic E-state index is 12.1. The number of para-hydroxylation sites is 2. The number of hydrogen-bond acceptors (Lipinski definition) is 8. The van der Waals surface area contributed by atoms with Gasteiger partial charge in [-0.2, -0.15) is 0 Å². The fourth-order valence-corrected chi connectivity index (χ4v) is 4.13. The average molecular weight is 455 g/mol. The van der Waals surface area contributed by atoms with Crippen molar-refractivity contribution >= 4 is 27.9 Å². The Balaban J connectivity index is 1.32. The summed E-state index contributed by atoms with van der Waals surface area (Å²) in [6.45, 7) is 0.220. The summed E-state index contributed by atoms with van der Waals surface area (Å²) in [5.41, 5.74) is 0. The van der Waals surface area contributed by atoms with Gasteiger partial charge in [0.25, 0.3) is 5.91 Å². The first-order valence-electron chi connectivity index (χ1n) is 9.80. The van der Waals surface area contributed by atoms with Crippen molar-refractivity contribution in [3.8, 4) is 11.5 Å². The number of carbonyl (C=O) groups is 3. The predicted octanol–water partition coefficient (Wildman–Crippen LogP) is -0.133. The van der Waals surface area contributed by atoms with Gasteiger partial charge in [0.1, 0.15) is 6.61 Å². The van der Waals surface area contributed by atoms with Gasteiger partial charge in [-0.25, -0.2) is 17.5 Å². The number of fused-ring (bicyclic) bond motifs is 1. The summed E-state index contributed by atoms with van der Waals surface area (Å²) in [4.78, 5) is 35.8. The highest BCUT2D eigenvalue weighted by Crippen LogP contribution is 2.30. The molecule has 1 aromatic carbocycles. The molecule has 1 saturated heterocycles. The van der Waals surface area contributed by atoms with E-state index in [1.165, 1.54) is 4.31 Å². The molecule has 12 heteroatoms. The molecule has 11 nitrogen and oxygen atoms in total. The molecule has 0 aromatic heterocycles. The standard InChI is InChI=1S/C19H25N3O8S/c1-31(26,27)22-8-6-13(7-9-22)18(24)29-12-17(23)21-19(25)20-10-14-11-28-15-4-2-3-5-16(15)30-14/h2-5,13-14H,6-12H2,1H3,(H2,20,21,23,25). The summed E-state index contributed by atoms with van der Waals surface area (Å²) >= 11 is 0. The van der Waals surface area contributed by atoms with Crippen molar-refractivity contribution < 1.29 is 37.0 Å². The molecular formula is C19H25N3O8S. The molecule has 3 amide bonds.